The van der Waals surface area contributed by atoms with Gasteiger partial charge in [-0.15, -0.1) is 0 Å². The molecule has 0 aliphatic carbocycles. The van der Waals surface area contributed by atoms with Crippen LogP contribution in [0.15, 0.2) is 72.9 Å². The van der Waals surface area contributed by atoms with E-state index in [0.29, 0.717) is 16.3 Å². The number of benzene rings is 2. The van der Waals surface area contributed by atoms with Crippen molar-refractivity contribution in [3.8, 4) is 11.3 Å². The van der Waals surface area contributed by atoms with Crippen molar-refractivity contribution in [3.05, 3.63) is 83.5 Å². The maximum absolute atomic E-state index is 12.3. The summed E-state index contributed by atoms with van der Waals surface area (Å²) >= 11 is 6.02. The molecule has 24 heavy (non-hydrogen) atoms. The minimum atomic E-state index is -3.56. The standard InChI is InChI=1S/C18H15ClN2O2S/c19-17-9-5-4-8-15(17)13-24(22,23)21-16-10-11-18(20-12-16)14-6-2-1-3-7-14/h1-12,21H,13H2. The van der Waals surface area contributed by atoms with Crippen LogP contribution in [0.1, 0.15) is 5.56 Å². The van der Waals surface area contributed by atoms with Gasteiger partial charge in [-0.05, 0) is 23.8 Å². The van der Waals surface area contributed by atoms with Gasteiger partial charge >= 0.3 is 0 Å². The zero-order chi connectivity index (χ0) is 17.0. The zero-order valence-corrected chi connectivity index (χ0v) is 14.3. The molecular weight excluding hydrogens is 344 g/mol. The molecule has 0 radical (unpaired) electrons. The summed E-state index contributed by atoms with van der Waals surface area (Å²) in [6.07, 6.45) is 1.51. The molecule has 4 nitrogen and oxygen atoms in total. The Hall–Kier alpha value is -2.37. The second kappa shape index (κ2) is 7.03. The van der Waals surface area contributed by atoms with Crippen LogP contribution in [0.4, 0.5) is 5.69 Å². The van der Waals surface area contributed by atoms with Gasteiger partial charge in [0.25, 0.3) is 0 Å². The molecule has 3 aromatic rings. The molecule has 0 saturated carbocycles. The number of hydrogen-bond donors (Lipinski definition) is 1. The average molecular weight is 359 g/mol. The molecule has 1 heterocycles. The number of sulfonamides is 1. The van der Waals surface area contributed by atoms with Gasteiger partial charge in [0.15, 0.2) is 0 Å². The van der Waals surface area contributed by atoms with Crippen molar-refractivity contribution in [3.63, 3.8) is 0 Å². The van der Waals surface area contributed by atoms with Gasteiger partial charge in [-0.25, -0.2) is 8.42 Å². The minimum absolute atomic E-state index is 0.187. The van der Waals surface area contributed by atoms with Crippen LogP contribution in [0.2, 0.25) is 5.02 Å². The Morgan fingerprint density at radius 1 is 0.917 bits per heavy atom. The number of pyridine rings is 1. The molecule has 0 fully saturated rings. The van der Waals surface area contributed by atoms with Gasteiger partial charge in [-0.1, -0.05) is 60.1 Å². The molecule has 6 heteroatoms. The van der Waals surface area contributed by atoms with Crippen molar-refractivity contribution >= 4 is 27.3 Å². The van der Waals surface area contributed by atoms with E-state index in [1.54, 1.807) is 36.4 Å². The number of hydrogen-bond acceptors (Lipinski definition) is 3. The van der Waals surface area contributed by atoms with E-state index in [1.165, 1.54) is 6.20 Å². The van der Waals surface area contributed by atoms with E-state index in [-0.39, 0.29) is 5.75 Å². The third-order valence-corrected chi connectivity index (χ3v) is 5.02. The summed E-state index contributed by atoms with van der Waals surface area (Å²) in [5, 5.41) is 0.431. The summed E-state index contributed by atoms with van der Waals surface area (Å²) in [6, 6.07) is 20.0. The highest BCUT2D eigenvalue weighted by molar-refractivity contribution is 7.91. The van der Waals surface area contributed by atoms with Crippen molar-refractivity contribution in [2.45, 2.75) is 5.75 Å². The smallest absolute Gasteiger partial charge is 0.237 e. The summed E-state index contributed by atoms with van der Waals surface area (Å²) < 4.78 is 27.1. The number of anilines is 1. The van der Waals surface area contributed by atoms with Crippen molar-refractivity contribution < 1.29 is 8.42 Å². The van der Waals surface area contributed by atoms with Crippen LogP contribution in [0.25, 0.3) is 11.3 Å². The van der Waals surface area contributed by atoms with Crippen LogP contribution in [0, 0.1) is 0 Å². The molecule has 122 valence electrons. The maximum atomic E-state index is 12.3. The SMILES string of the molecule is O=S(=O)(Cc1ccccc1Cl)Nc1ccc(-c2ccccc2)nc1. The van der Waals surface area contributed by atoms with E-state index in [4.69, 9.17) is 11.6 Å². The first kappa shape index (κ1) is 16.5. The van der Waals surface area contributed by atoms with E-state index in [9.17, 15) is 8.42 Å². The summed E-state index contributed by atoms with van der Waals surface area (Å²) in [4.78, 5) is 4.30. The number of rotatable bonds is 5. The highest BCUT2D eigenvalue weighted by atomic mass is 35.5. The molecule has 0 atom stereocenters. The second-order valence-corrected chi connectivity index (χ2v) is 7.38. The first-order valence-corrected chi connectivity index (χ1v) is 9.32. The molecular formula is C18H15ClN2O2S. The largest absolute Gasteiger partial charge is 0.282 e. The zero-order valence-electron chi connectivity index (χ0n) is 12.7. The predicted octanol–water partition coefficient (Wildman–Crippen LogP) is 4.34. The maximum Gasteiger partial charge on any atom is 0.237 e. The third kappa shape index (κ3) is 4.13. The molecule has 1 aromatic heterocycles. The fraction of sp³-hybridized carbons (Fsp3) is 0.0556. The van der Waals surface area contributed by atoms with Crippen LogP contribution in [-0.2, 0) is 15.8 Å². The molecule has 0 aliphatic rings. The lowest BCUT2D eigenvalue weighted by molar-refractivity contribution is 0.600. The number of nitrogens with zero attached hydrogens (tertiary/aromatic N) is 1. The highest BCUT2D eigenvalue weighted by Gasteiger charge is 2.14. The van der Waals surface area contributed by atoms with Crippen LogP contribution in [0.5, 0.6) is 0 Å². The Balaban J connectivity index is 1.75. The molecule has 1 N–H and O–H groups in total. The van der Waals surface area contributed by atoms with Gasteiger partial charge in [0.05, 0.1) is 23.3 Å². The average Bonchev–Trinajstić information content (AvgIpc) is 2.58. The molecule has 0 unspecified atom stereocenters. The van der Waals surface area contributed by atoms with Crippen molar-refractivity contribution in [2.75, 3.05) is 4.72 Å². The van der Waals surface area contributed by atoms with Gasteiger partial charge in [-0.2, -0.15) is 0 Å². The number of aromatic nitrogens is 1. The molecule has 2 aromatic carbocycles. The van der Waals surface area contributed by atoms with E-state index in [1.807, 2.05) is 30.3 Å². The molecule has 3 rings (SSSR count). The Labute approximate surface area is 146 Å². The first-order valence-electron chi connectivity index (χ1n) is 7.29. The predicted molar refractivity (Wildman–Crippen MR) is 97.4 cm³/mol. The second-order valence-electron chi connectivity index (χ2n) is 5.25. The molecule has 0 amide bonds. The van der Waals surface area contributed by atoms with Crippen LogP contribution < -0.4 is 4.72 Å². The number of halogens is 1. The lowest BCUT2D eigenvalue weighted by Crippen LogP contribution is -2.15. The minimum Gasteiger partial charge on any atom is -0.282 e. The lowest BCUT2D eigenvalue weighted by atomic mass is 10.1. The van der Waals surface area contributed by atoms with Crippen molar-refractivity contribution in [1.82, 2.24) is 4.98 Å². The van der Waals surface area contributed by atoms with E-state index < -0.39 is 10.0 Å². The van der Waals surface area contributed by atoms with Crippen LogP contribution in [0.3, 0.4) is 0 Å². The third-order valence-electron chi connectivity index (χ3n) is 3.41. The summed E-state index contributed by atoms with van der Waals surface area (Å²) in [7, 11) is -3.56. The number of nitrogens with one attached hydrogen (secondary N) is 1. The molecule has 0 saturated heterocycles. The van der Waals surface area contributed by atoms with Gasteiger partial charge in [0.1, 0.15) is 0 Å². The van der Waals surface area contributed by atoms with Crippen molar-refractivity contribution in [2.24, 2.45) is 0 Å². The topological polar surface area (TPSA) is 59.1 Å². The van der Waals surface area contributed by atoms with Crippen LogP contribution in [-0.4, -0.2) is 13.4 Å². The fourth-order valence-electron chi connectivity index (χ4n) is 2.27. The Morgan fingerprint density at radius 3 is 2.29 bits per heavy atom. The van der Waals surface area contributed by atoms with Gasteiger partial charge in [0.2, 0.25) is 10.0 Å². The quantitative estimate of drug-likeness (QED) is 0.737. The lowest BCUT2D eigenvalue weighted by Gasteiger charge is -2.09. The van der Waals surface area contributed by atoms with E-state index >= 15 is 0 Å². The monoisotopic (exact) mass is 358 g/mol. The van der Waals surface area contributed by atoms with E-state index in [2.05, 4.69) is 9.71 Å². The fourth-order valence-corrected chi connectivity index (χ4v) is 3.76. The van der Waals surface area contributed by atoms with Gasteiger partial charge in [0, 0.05) is 10.6 Å². The summed E-state index contributed by atoms with van der Waals surface area (Å²) in [5.41, 5.74) is 2.73. The first-order chi connectivity index (χ1) is 11.5. The Bertz CT molecular complexity index is 927. The highest BCUT2D eigenvalue weighted by Crippen LogP contribution is 2.21. The van der Waals surface area contributed by atoms with Gasteiger partial charge in [-0.3, -0.25) is 9.71 Å². The molecule has 0 aliphatic heterocycles. The Morgan fingerprint density at radius 2 is 1.62 bits per heavy atom. The summed E-state index contributed by atoms with van der Waals surface area (Å²) in [6.45, 7) is 0. The van der Waals surface area contributed by atoms with Crippen LogP contribution >= 0.6 is 11.6 Å². The summed E-state index contributed by atoms with van der Waals surface area (Å²) in [5.74, 6) is -0.187. The van der Waals surface area contributed by atoms with Gasteiger partial charge < -0.3 is 0 Å². The van der Waals surface area contributed by atoms with E-state index in [0.717, 1.165) is 11.3 Å². The normalized spacial score (nSPS) is 11.2. The van der Waals surface area contributed by atoms with Crippen molar-refractivity contribution in [1.29, 1.82) is 0 Å². The molecule has 0 spiro atoms. The molecule has 0 bridgehead atoms. The Kier molecular flexibility index (Phi) is 4.83.